The fraction of sp³-hybridized carbons (Fsp3) is 0.700. The van der Waals surface area contributed by atoms with Crippen LogP contribution in [0.1, 0.15) is 28.9 Å². The van der Waals surface area contributed by atoms with Gasteiger partial charge in [-0.05, 0) is 20.3 Å². The van der Waals surface area contributed by atoms with Crippen LogP contribution in [0.3, 0.4) is 0 Å². The van der Waals surface area contributed by atoms with Gasteiger partial charge in [0, 0.05) is 12.0 Å². The number of aromatic nitrogens is 1. The Morgan fingerprint density at radius 2 is 2.14 bits per heavy atom. The molecule has 0 saturated carbocycles. The number of hydrogen-bond donors (Lipinski definition) is 1. The van der Waals surface area contributed by atoms with Gasteiger partial charge in [-0.15, -0.1) is 11.3 Å². The first kappa shape index (κ1) is 11.6. The predicted molar refractivity (Wildman–Crippen MR) is 59.6 cm³/mol. The molecule has 1 atom stereocenters. The van der Waals surface area contributed by atoms with E-state index in [1.165, 1.54) is 4.88 Å². The van der Waals surface area contributed by atoms with Gasteiger partial charge < -0.3 is 10.5 Å². The standard InChI is InChI=1S/C10H18N2OS/c1-5-10(11,6-13-4)9-12-7(2)8(3)14-9/h5-6,11H2,1-4H3. The van der Waals surface area contributed by atoms with Crippen LogP contribution in [0.4, 0.5) is 0 Å². The van der Waals surface area contributed by atoms with Gasteiger partial charge in [0.15, 0.2) is 0 Å². The number of hydrogen-bond acceptors (Lipinski definition) is 4. The Bertz CT molecular complexity index is 292. The lowest BCUT2D eigenvalue weighted by Gasteiger charge is -2.24. The molecule has 1 aromatic rings. The third-order valence-electron chi connectivity index (χ3n) is 2.49. The molecule has 14 heavy (non-hydrogen) atoms. The number of rotatable bonds is 4. The van der Waals surface area contributed by atoms with Gasteiger partial charge in [-0.1, -0.05) is 6.92 Å². The molecule has 2 N–H and O–H groups in total. The van der Waals surface area contributed by atoms with Crippen molar-refractivity contribution in [3.63, 3.8) is 0 Å². The van der Waals surface area contributed by atoms with Crippen LogP contribution in [0.15, 0.2) is 0 Å². The van der Waals surface area contributed by atoms with Crippen molar-refractivity contribution in [2.45, 2.75) is 32.7 Å². The van der Waals surface area contributed by atoms with E-state index in [0.717, 1.165) is 17.1 Å². The molecule has 0 amide bonds. The van der Waals surface area contributed by atoms with Crippen molar-refractivity contribution in [3.8, 4) is 0 Å². The lowest BCUT2D eigenvalue weighted by Crippen LogP contribution is -2.40. The van der Waals surface area contributed by atoms with Gasteiger partial charge in [0.25, 0.3) is 0 Å². The number of methoxy groups -OCH3 is 1. The first-order valence-electron chi connectivity index (χ1n) is 4.76. The van der Waals surface area contributed by atoms with Crippen LogP contribution in [0.5, 0.6) is 0 Å². The van der Waals surface area contributed by atoms with Crippen LogP contribution in [-0.4, -0.2) is 18.7 Å². The van der Waals surface area contributed by atoms with E-state index in [4.69, 9.17) is 10.5 Å². The molecule has 1 rings (SSSR count). The average molecular weight is 214 g/mol. The van der Waals surface area contributed by atoms with E-state index < -0.39 is 5.54 Å². The molecule has 1 aromatic heterocycles. The second-order valence-electron chi connectivity index (χ2n) is 3.60. The van der Waals surface area contributed by atoms with E-state index in [2.05, 4.69) is 18.8 Å². The number of ether oxygens (including phenoxy) is 1. The Kier molecular flexibility index (Phi) is 3.64. The van der Waals surface area contributed by atoms with Crippen molar-refractivity contribution in [3.05, 3.63) is 15.6 Å². The van der Waals surface area contributed by atoms with E-state index >= 15 is 0 Å². The first-order valence-corrected chi connectivity index (χ1v) is 5.57. The maximum Gasteiger partial charge on any atom is 0.115 e. The molecule has 1 heterocycles. The fourth-order valence-corrected chi connectivity index (χ4v) is 2.33. The maximum absolute atomic E-state index is 6.23. The van der Waals surface area contributed by atoms with Gasteiger partial charge in [-0.25, -0.2) is 4.98 Å². The maximum atomic E-state index is 6.23. The second kappa shape index (κ2) is 4.38. The van der Waals surface area contributed by atoms with Crippen molar-refractivity contribution >= 4 is 11.3 Å². The third-order valence-corrected chi connectivity index (χ3v) is 3.78. The highest BCUT2D eigenvalue weighted by Gasteiger charge is 2.29. The topological polar surface area (TPSA) is 48.1 Å². The molecular weight excluding hydrogens is 196 g/mol. The summed E-state index contributed by atoms with van der Waals surface area (Å²) in [4.78, 5) is 5.72. The molecule has 3 nitrogen and oxygen atoms in total. The SMILES string of the molecule is CCC(N)(COC)c1nc(C)c(C)s1. The second-order valence-corrected chi connectivity index (χ2v) is 4.81. The molecule has 0 radical (unpaired) electrons. The summed E-state index contributed by atoms with van der Waals surface area (Å²) in [6.45, 7) is 6.67. The van der Waals surface area contributed by atoms with Gasteiger partial charge in [-0.3, -0.25) is 0 Å². The Labute approximate surface area is 89.3 Å². The zero-order valence-electron chi connectivity index (χ0n) is 9.26. The van der Waals surface area contributed by atoms with E-state index in [1.807, 2.05) is 6.92 Å². The highest BCUT2D eigenvalue weighted by molar-refractivity contribution is 7.11. The summed E-state index contributed by atoms with van der Waals surface area (Å²) in [7, 11) is 1.67. The van der Waals surface area contributed by atoms with Crippen LogP contribution < -0.4 is 5.73 Å². The first-order chi connectivity index (χ1) is 6.53. The summed E-state index contributed by atoms with van der Waals surface area (Å²) in [6, 6.07) is 0. The molecule has 0 aromatic carbocycles. The quantitative estimate of drug-likeness (QED) is 0.833. The van der Waals surface area contributed by atoms with Crippen molar-refractivity contribution < 1.29 is 4.74 Å². The van der Waals surface area contributed by atoms with Crippen molar-refractivity contribution in [2.75, 3.05) is 13.7 Å². The molecule has 0 fully saturated rings. The molecule has 1 unspecified atom stereocenters. The van der Waals surface area contributed by atoms with Crippen LogP contribution in [-0.2, 0) is 10.3 Å². The summed E-state index contributed by atoms with van der Waals surface area (Å²) >= 11 is 1.67. The van der Waals surface area contributed by atoms with Gasteiger partial charge in [0.2, 0.25) is 0 Å². The molecular formula is C10H18N2OS. The fourth-order valence-electron chi connectivity index (χ4n) is 1.26. The van der Waals surface area contributed by atoms with Crippen LogP contribution in [0.25, 0.3) is 0 Å². The summed E-state index contributed by atoms with van der Waals surface area (Å²) < 4.78 is 5.14. The summed E-state index contributed by atoms with van der Waals surface area (Å²) in [6.07, 6.45) is 0.841. The normalized spacial score (nSPS) is 15.5. The molecule has 0 aliphatic carbocycles. The summed E-state index contributed by atoms with van der Waals surface area (Å²) in [5, 5.41) is 0.983. The van der Waals surface area contributed by atoms with Crippen LogP contribution >= 0.6 is 11.3 Å². The zero-order valence-corrected chi connectivity index (χ0v) is 10.1. The third kappa shape index (κ3) is 2.13. The van der Waals surface area contributed by atoms with Crippen LogP contribution in [0, 0.1) is 13.8 Å². The molecule has 0 saturated heterocycles. The summed E-state index contributed by atoms with van der Waals surface area (Å²) in [5.41, 5.74) is 6.89. The van der Waals surface area contributed by atoms with Gasteiger partial charge >= 0.3 is 0 Å². The van der Waals surface area contributed by atoms with E-state index in [9.17, 15) is 0 Å². The molecule has 80 valence electrons. The van der Waals surface area contributed by atoms with Crippen molar-refractivity contribution in [1.82, 2.24) is 4.98 Å². The number of thiazole rings is 1. The van der Waals surface area contributed by atoms with Gasteiger partial charge in [0.05, 0.1) is 17.8 Å². The minimum Gasteiger partial charge on any atom is -0.382 e. The lowest BCUT2D eigenvalue weighted by atomic mass is 10.00. The average Bonchev–Trinajstić information content (AvgIpc) is 2.48. The Morgan fingerprint density at radius 1 is 1.50 bits per heavy atom. The highest BCUT2D eigenvalue weighted by Crippen LogP contribution is 2.28. The largest absolute Gasteiger partial charge is 0.382 e. The Balaban J connectivity index is 2.99. The minimum atomic E-state index is -0.418. The molecule has 4 heteroatoms. The predicted octanol–water partition coefficient (Wildman–Crippen LogP) is 1.97. The van der Waals surface area contributed by atoms with E-state index in [-0.39, 0.29) is 0 Å². The molecule has 0 aliphatic rings. The number of nitrogens with two attached hydrogens (primary N) is 1. The number of nitrogens with zero attached hydrogens (tertiary/aromatic N) is 1. The van der Waals surface area contributed by atoms with Gasteiger partial charge in [-0.2, -0.15) is 0 Å². The van der Waals surface area contributed by atoms with Crippen molar-refractivity contribution in [2.24, 2.45) is 5.73 Å². The lowest BCUT2D eigenvalue weighted by molar-refractivity contribution is 0.129. The zero-order chi connectivity index (χ0) is 10.8. The monoisotopic (exact) mass is 214 g/mol. The Hall–Kier alpha value is -0.450. The highest BCUT2D eigenvalue weighted by atomic mass is 32.1. The van der Waals surface area contributed by atoms with E-state index in [0.29, 0.717) is 6.61 Å². The number of aryl methyl sites for hydroxylation is 2. The van der Waals surface area contributed by atoms with Crippen molar-refractivity contribution in [1.29, 1.82) is 0 Å². The Morgan fingerprint density at radius 3 is 2.50 bits per heavy atom. The minimum absolute atomic E-state index is 0.418. The summed E-state index contributed by atoms with van der Waals surface area (Å²) in [5.74, 6) is 0. The molecule has 0 aliphatic heterocycles. The van der Waals surface area contributed by atoms with Crippen LogP contribution in [0.2, 0.25) is 0 Å². The van der Waals surface area contributed by atoms with E-state index in [1.54, 1.807) is 18.4 Å². The smallest absolute Gasteiger partial charge is 0.115 e. The molecule has 0 bridgehead atoms. The molecule has 0 spiro atoms. The van der Waals surface area contributed by atoms with Gasteiger partial charge in [0.1, 0.15) is 5.01 Å².